The minimum Gasteiger partial charge on any atom is -0.328 e. The van der Waals surface area contributed by atoms with Gasteiger partial charge in [0.15, 0.2) is 0 Å². The second-order valence-electron chi connectivity index (χ2n) is 4.19. The van der Waals surface area contributed by atoms with E-state index >= 15 is 0 Å². The van der Waals surface area contributed by atoms with Crippen molar-refractivity contribution in [3.63, 3.8) is 0 Å². The zero-order chi connectivity index (χ0) is 8.28. The first kappa shape index (κ1) is 7.47. The summed E-state index contributed by atoms with van der Waals surface area (Å²) in [5, 5.41) is 0. The summed E-state index contributed by atoms with van der Waals surface area (Å²) >= 11 is 0. The Morgan fingerprint density at radius 1 is 1.45 bits per heavy atom. The lowest BCUT2D eigenvalue weighted by molar-refractivity contribution is -0.00343. The number of rotatable bonds is 1. The maximum atomic E-state index is 12.6. The third kappa shape index (κ3) is 0.835. The Morgan fingerprint density at radius 3 is 2.18 bits per heavy atom. The first-order valence-electron chi connectivity index (χ1n) is 4.10. The molecule has 2 saturated carbocycles. The largest absolute Gasteiger partial charge is 0.328 e. The Kier molecular flexibility index (Phi) is 1.20. The third-order valence-corrected chi connectivity index (χ3v) is 3.26. The van der Waals surface area contributed by atoms with Crippen LogP contribution in [0.3, 0.4) is 0 Å². The molecule has 1 atom stereocenters. The highest BCUT2D eigenvalue weighted by atomic mass is 19.3. The van der Waals surface area contributed by atoms with Crippen LogP contribution in [-0.4, -0.2) is 12.0 Å². The molecule has 11 heavy (non-hydrogen) atoms. The van der Waals surface area contributed by atoms with Crippen LogP contribution >= 0.6 is 0 Å². The lowest BCUT2D eigenvalue weighted by atomic mass is 9.68. The molecule has 3 heteroatoms. The molecule has 1 spiro atoms. The number of halogens is 2. The lowest BCUT2D eigenvalue weighted by Crippen LogP contribution is -2.40. The summed E-state index contributed by atoms with van der Waals surface area (Å²) in [7, 11) is 0. The molecule has 64 valence electrons. The Bertz CT molecular complexity index is 183. The van der Waals surface area contributed by atoms with Gasteiger partial charge in [0.2, 0.25) is 0 Å². The van der Waals surface area contributed by atoms with Crippen LogP contribution in [0, 0.1) is 11.3 Å². The van der Waals surface area contributed by atoms with Gasteiger partial charge in [0, 0.05) is 17.9 Å². The van der Waals surface area contributed by atoms with Crippen LogP contribution in [-0.2, 0) is 0 Å². The molecule has 0 radical (unpaired) electrons. The van der Waals surface area contributed by atoms with Crippen LogP contribution in [0.1, 0.15) is 26.2 Å². The second kappa shape index (κ2) is 1.76. The predicted octanol–water partition coefficient (Wildman–Crippen LogP) is 1.77. The van der Waals surface area contributed by atoms with Crippen LogP contribution in [0.2, 0.25) is 0 Å². The van der Waals surface area contributed by atoms with Crippen LogP contribution in [0.25, 0.3) is 0 Å². The van der Waals surface area contributed by atoms with E-state index in [1.54, 1.807) is 0 Å². The standard InChI is InChI=1S/C8H13F2N/c1-5(11)6-2-7(3-6)4-8(7,9)10/h5-6H,2-4,11H2,1H3. The minimum absolute atomic E-state index is 0.0945. The average Bonchev–Trinajstić information content (AvgIpc) is 2.29. The fraction of sp³-hybridized carbons (Fsp3) is 1.00. The van der Waals surface area contributed by atoms with E-state index in [1.165, 1.54) is 0 Å². The molecular formula is C8H13F2N. The fourth-order valence-electron chi connectivity index (χ4n) is 2.14. The Labute approximate surface area is 65.0 Å². The van der Waals surface area contributed by atoms with Crippen molar-refractivity contribution in [1.29, 1.82) is 0 Å². The smallest absolute Gasteiger partial charge is 0.254 e. The molecule has 0 saturated heterocycles. The van der Waals surface area contributed by atoms with Crippen molar-refractivity contribution >= 4 is 0 Å². The quantitative estimate of drug-likeness (QED) is 0.623. The van der Waals surface area contributed by atoms with Crippen molar-refractivity contribution in [2.24, 2.45) is 17.1 Å². The van der Waals surface area contributed by atoms with E-state index in [4.69, 9.17) is 5.73 Å². The minimum atomic E-state index is -2.35. The highest BCUT2D eigenvalue weighted by molar-refractivity contribution is 5.17. The van der Waals surface area contributed by atoms with Crippen LogP contribution in [0.5, 0.6) is 0 Å². The van der Waals surface area contributed by atoms with E-state index in [2.05, 4.69) is 0 Å². The SMILES string of the molecule is CC(N)C1CC2(C1)CC2(F)F. The maximum Gasteiger partial charge on any atom is 0.254 e. The van der Waals surface area contributed by atoms with Crippen LogP contribution in [0.15, 0.2) is 0 Å². The van der Waals surface area contributed by atoms with E-state index in [1.807, 2.05) is 6.92 Å². The molecule has 2 N–H and O–H groups in total. The Hall–Kier alpha value is -0.180. The van der Waals surface area contributed by atoms with Crippen molar-refractivity contribution in [2.45, 2.75) is 38.2 Å². The zero-order valence-electron chi connectivity index (χ0n) is 6.61. The van der Waals surface area contributed by atoms with Crippen molar-refractivity contribution in [2.75, 3.05) is 0 Å². The van der Waals surface area contributed by atoms with Gasteiger partial charge in [0.1, 0.15) is 0 Å². The molecule has 2 fully saturated rings. The molecule has 1 unspecified atom stereocenters. The van der Waals surface area contributed by atoms with Gasteiger partial charge in [-0.25, -0.2) is 8.78 Å². The first-order chi connectivity index (χ1) is 4.97. The maximum absolute atomic E-state index is 12.6. The summed E-state index contributed by atoms with van der Waals surface area (Å²) in [6, 6.07) is 0.0945. The van der Waals surface area contributed by atoms with Gasteiger partial charge in [-0.1, -0.05) is 0 Å². The van der Waals surface area contributed by atoms with Gasteiger partial charge in [-0.15, -0.1) is 0 Å². The second-order valence-corrected chi connectivity index (χ2v) is 4.19. The molecule has 2 aliphatic carbocycles. The Morgan fingerprint density at radius 2 is 1.91 bits per heavy atom. The van der Waals surface area contributed by atoms with E-state index in [0.29, 0.717) is 18.8 Å². The third-order valence-electron chi connectivity index (χ3n) is 3.26. The number of hydrogen-bond donors (Lipinski definition) is 1. The van der Waals surface area contributed by atoms with Crippen molar-refractivity contribution in [3.05, 3.63) is 0 Å². The zero-order valence-corrected chi connectivity index (χ0v) is 6.61. The molecule has 0 aromatic heterocycles. The lowest BCUT2D eigenvalue weighted by Gasteiger charge is -2.38. The molecule has 0 aliphatic heterocycles. The monoisotopic (exact) mass is 161 g/mol. The molecule has 1 nitrogen and oxygen atoms in total. The predicted molar refractivity (Wildman–Crippen MR) is 38.4 cm³/mol. The topological polar surface area (TPSA) is 26.0 Å². The van der Waals surface area contributed by atoms with Gasteiger partial charge in [-0.3, -0.25) is 0 Å². The summed E-state index contributed by atoms with van der Waals surface area (Å²) in [5.41, 5.74) is 5.00. The number of alkyl halides is 2. The number of hydrogen-bond acceptors (Lipinski definition) is 1. The van der Waals surface area contributed by atoms with Gasteiger partial charge in [-0.05, 0) is 25.7 Å². The average molecular weight is 161 g/mol. The van der Waals surface area contributed by atoms with Gasteiger partial charge >= 0.3 is 0 Å². The van der Waals surface area contributed by atoms with E-state index in [-0.39, 0.29) is 12.5 Å². The molecule has 0 bridgehead atoms. The molecule has 0 aromatic carbocycles. The van der Waals surface area contributed by atoms with Crippen molar-refractivity contribution in [1.82, 2.24) is 0 Å². The van der Waals surface area contributed by atoms with E-state index in [0.717, 1.165) is 0 Å². The number of nitrogens with two attached hydrogens (primary N) is 1. The normalized spacial score (nSPS) is 48.5. The molecule has 0 heterocycles. The highest BCUT2D eigenvalue weighted by Crippen LogP contribution is 2.72. The molecular weight excluding hydrogens is 148 g/mol. The van der Waals surface area contributed by atoms with Gasteiger partial charge in [-0.2, -0.15) is 0 Å². The summed E-state index contributed by atoms with van der Waals surface area (Å²) in [5.74, 6) is -2.00. The highest BCUT2D eigenvalue weighted by Gasteiger charge is 2.75. The summed E-state index contributed by atoms with van der Waals surface area (Å²) in [4.78, 5) is 0. The molecule has 0 amide bonds. The van der Waals surface area contributed by atoms with Crippen LogP contribution in [0.4, 0.5) is 8.78 Å². The Balaban J connectivity index is 1.90. The summed E-state index contributed by atoms with van der Waals surface area (Å²) < 4.78 is 25.3. The molecule has 0 aromatic rings. The molecule has 2 rings (SSSR count). The van der Waals surface area contributed by atoms with Crippen LogP contribution < -0.4 is 5.73 Å². The summed E-state index contributed by atoms with van der Waals surface area (Å²) in [6.45, 7) is 1.90. The van der Waals surface area contributed by atoms with E-state index < -0.39 is 11.3 Å². The van der Waals surface area contributed by atoms with Gasteiger partial charge < -0.3 is 5.73 Å². The van der Waals surface area contributed by atoms with Gasteiger partial charge in [0.05, 0.1) is 0 Å². The first-order valence-corrected chi connectivity index (χ1v) is 4.10. The fourth-order valence-corrected chi connectivity index (χ4v) is 2.14. The summed E-state index contributed by atoms with van der Waals surface area (Å²) in [6.07, 6.45) is 1.42. The van der Waals surface area contributed by atoms with Crippen molar-refractivity contribution in [3.8, 4) is 0 Å². The molecule has 2 aliphatic rings. The van der Waals surface area contributed by atoms with E-state index in [9.17, 15) is 8.78 Å². The van der Waals surface area contributed by atoms with Gasteiger partial charge in [0.25, 0.3) is 5.92 Å². The van der Waals surface area contributed by atoms with Crippen molar-refractivity contribution < 1.29 is 8.78 Å².